The van der Waals surface area contributed by atoms with Gasteiger partial charge in [-0.05, 0) is 38.3 Å². The van der Waals surface area contributed by atoms with E-state index in [1.165, 1.54) is 0 Å². The molecule has 1 aromatic carbocycles. The van der Waals surface area contributed by atoms with Gasteiger partial charge in [-0.2, -0.15) is 5.10 Å². The molecular formula is C15H19N3O2S. The van der Waals surface area contributed by atoms with Gasteiger partial charge in [-0.3, -0.25) is 4.68 Å². The van der Waals surface area contributed by atoms with Gasteiger partial charge in [0.2, 0.25) is 10.0 Å². The molecule has 0 fully saturated rings. The highest BCUT2D eigenvalue weighted by Gasteiger charge is 2.27. The Morgan fingerprint density at radius 1 is 1.29 bits per heavy atom. The second-order valence-electron chi connectivity index (χ2n) is 5.55. The Morgan fingerprint density at radius 3 is 2.71 bits per heavy atom. The van der Waals surface area contributed by atoms with Crippen LogP contribution in [0.1, 0.15) is 35.7 Å². The van der Waals surface area contributed by atoms with E-state index in [9.17, 15) is 8.42 Å². The molecule has 21 heavy (non-hydrogen) atoms. The SMILES string of the molecule is Cc1ccc(S(=O)(=O)N[C@H]2CCCc3c2cnn3C)cc1. The monoisotopic (exact) mass is 305 g/mol. The number of nitrogens with zero attached hydrogens (tertiary/aromatic N) is 2. The molecule has 6 heteroatoms. The molecule has 1 atom stereocenters. The zero-order chi connectivity index (χ0) is 15.0. The normalized spacial score (nSPS) is 18.5. The highest BCUT2D eigenvalue weighted by molar-refractivity contribution is 7.89. The second kappa shape index (κ2) is 5.27. The molecular weight excluding hydrogens is 286 g/mol. The molecule has 1 heterocycles. The van der Waals surface area contributed by atoms with Gasteiger partial charge in [-0.15, -0.1) is 0 Å². The number of aryl methyl sites for hydroxylation is 2. The minimum absolute atomic E-state index is 0.186. The van der Waals surface area contributed by atoms with Gasteiger partial charge >= 0.3 is 0 Å². The standard InChI is InChI=1S/C15H19N3O2S/c1-11-6-8-12(9-7-11)21(19,20)17-14-4-3-5-15-13(14)10-16-18(15)2/h6-10,14,17H,3-5H2,1-2H3/t14-/m0/s1. The first-order valence-electron chi connectivity index (χ1n) is 7.07. The summed E-state index contributed by atoms with van der Waals surface area (Å²) in [5.41, 5.74) is 3.17. The van der Waals surface area contributed by atoms with E-state index in [1.807, 2.05) is 30.8 Å². The predicted octanol–water partition coefficient (Wildman–Crippen LogP) is 2.08. The van der Waals surface area contributed by atoms with Crippen molar-refractivity contribution in [2.75, 3.05) is 0 Å². The van der Waals surface area contributed by atoms with Crippen molar-refractivity contribution in [2.24, 2.45) is 7.05 Å². The molecule has 2 aromatic rings. The van der Waals surface area contributed by atoms with Crippen LogP contribution < -0.4 is 4.72 Å². The Bertz CT molecular complexity index is 748. The van der Waals surface area contributed by atoms with E-state index in [-0.39, 0.29) is 6.04 Å². The summed E-state index contributed by atoms with van der Waals surface area (Å²) in [6.07, 6.45) is 4.50. The second-order valence-corrected chi connectivity index (χ2v) is 7.26. The molecule has 0 bridgehead atoms. The highest BCUT2D eigenvalue weighted by atomic mass is 32.2. The summed E-state index contributed by atoms with van der Waals surface area (Å²) in [6, 6.07) is 6.72. The molecule has 1 aliphatic rings. The fraction of sp³-hybridized carbons (Fsp3) is 0.400. The lowest BCUT2D eigenvalue weighted by Gasteiger charge is -2.23. The van der Waals surface area contributed by atoms with E-state index in [0.717, 1.165) is 36.1 Å². The number of hydrogen-bond donors (Lipinski definition) is 1. The molecule has 0 amide bonds. The number of nitrogens with one attached hydrogen (secondary N) is 1. The summed E-state index contributed by atoms with van der Waals surface area (Å²) in [5, 5.41) is 4.24. The maximum Gasteiger partial charge on any atom is 0.241 e. The van der Waals surface area contributed by atoms with Crippen LogP contribution in [0.4, 0.5) is 0 Å². The third kappa shape index (κ3) is 2.73. The van der Waals surface area contributed by atoms with E-state index in [2.05, 4.69) is 9.82 Å². The number of hydrogen-bond acceptors (Lipinski definition) is 3. The highest BCUT2D eigenvalue weighted by Crippen LogP contribution is 2.30. The smallest absolute Gasteiger partial charge is 0.241 e. The summed E-state index contributed by atoms with van der Waals surface area (Å²) in [7, 11) is -1.60. The van der Waals surface area contributed by atoms with Crippen molar-refractivity contribution in [3.05, 3.63) is 47.3 Å². The van der Waals surface area contributed by atoms with Crippen LogP contribution >= 0.6 is 0 Å². The van der Waals surface area contributed by atoms with Crippen molar-refractivity contribution in [1.82, 2.24) is 14.5 Å². The lowest BCUT2D eigenvalue weighted by Crippen LogP contribution is -2.31. The van der Waals surface area contributed by atoms with E-state index < -0.39 is 10.0 Å². The molecule has 0 saturated carbocycles. The van der Waals surface area contributed by atoms with Crippen LogP contribution in [0.15, 0.2) is 35.4 Å². The van der Waals surface area contributed by atoms with Gasteiger partial charge in [0, 0.05) is 18.3 Å². The van der Waals surface area contributed by atoms with Gasteiger partial charge in [0.1, 0.15) is 0 Å². The summed E-state index contributed by atoms with van der Waals surface area (Å²) in [5.74, 6) is 0. The van der Waals surface area contributed by atoms with Gasteiger partial charge in [-0.1, -0.05) is 17.7 Å². The van der Waals surface area contributed by atoms with E-state index in [4.69, 9.17) is 0 Å². The summed E-state index contributed by atoms with van der Waals surface area (Å²) >= 11 is 0. The Morgan fingerprint density at radius 2 is 2.00 bits per heavy atom. The minimum atomic E-state index is -3.50. The first kappa shape index (κ1) is 14.3. The van der Waals surface area contributed by atoms with E-state index >= 15 is 0 Å². The van der Waals surface area contributed by atoms with Gasteiger partial charge in [-0.25, -0.2) is 13.1 Å². The Hall–Kier alpha value is -1.66. The molecule has 112 valence electrons. The fourth-order valence-corrected chi connectivity index (χ4v) is 4.05. The van der Waals surface area contributed by atoms with Gasteiger partial charge in [0.15, 0.2) is 0 Å². The Kier molecular flexibility index (Phi) is 3.59. The summed E-state index contributed by atoms with van der Waals surface area (Å²) < 4.78 is 29.6. The van der Waals surface area contributed by atoms with Crippen LogP contribution in [0, 0.1) is 6.92 Å². The average molecular weight is 305 g/mol. The van der Waals surface area contributed by atoms with Gasteiger partial charge < -0.3 is 0 Å². The number of benzene rings is 1. The van der Waals surface area contributed by atoms with Crippen molar-refractivity contribution >= 4 is 10.0 Å². The van der Waals surface area contributed by atoms with Crippen molar-refractivity contribution in [2.45, 2.75) is 37.1 Å². The van der Waals surface area contributed by atoms with Crippen LogP contribution in [-0.4, -0.2) is 18.2 Å². The molecule has 0 spiro atoms. The predicted molar refractivity (Wildman–Crippen MR) is 80.4 cm³/mol. The number of rotatable bonds is 3. The Labute approximate surface area is 125 Å². The molecule has 1 aromatic heterocycles. The molecule has 0 unspecified atom stereocenters. The van der Waals surface area contributed by atoms with Crippen LogP contribution in [0.3, 0.4) is 0 Å². The third-order valence-corrected chi connectivity index (χ3v) is 5.49. The third-order valence-electron chi connectivity index (χ3n) is 4.00. The topological polar surface area (TPSA) is 64.0 Å². The minimum Gasteiger partial charge on any atom is -0.272 e. The van der Waals surface area contributed by atoms with Crippen molar-refractivity contribution in [1.29, 1.82) is 0 Å². The molecule has 1 N–H and O–H groups in total. The Balaban J connectivity index is 1.88. The first-order chi connectivity index (χ1) is 9.97. The summed E-state index contributed by atoms with van der Waals surface area (Å²) in [4.78, 5) is 0.309. The van der Waals surface area contributed by atoms with Gasteiger partial charge in [0.25, 0.3) is 0 Å². The van der Waals surface area contributed by atoms with E-state index in [1.54, 1.807) is 18.3 Å². The number of fused-ring (bicyclic) bond motifs is 1. The quantitative estimate of drug-likeness (QED) is 0.944. The largest absolute Gasteiger partial charge is 0.272 e. The molecule has 3 rings (SSSR count). The maximum atomic E-state index is 12.5. The van der Waals surface area contributed by atoms with Crippen LogP contribution in [0.5, 0.6) is 0 Å². The molecule has 0 radical (unpaired) electrons. The van der Waals surface area contributed by atoms with Crippen molar-refractivity contribution in [3.8, 4) is 0 Å². The number of sulfonamides is 1. The average Bonchev–Trinajstić information content (AvgIpc) is 2.82. The number of aromatic nitrogens is 2. The lowest BCUT2D eigenvalue weighted by atomic mass is 9.94. The fourth-order valence-electron chi connectivity index (χ4n) is 2.80. The summed E-state index contributed by atoms with van der Waals surface area (Å²) in [6.45, 7) is 1.94. The van der Waals surface area contributed by atoms with Crippen LogP contribution in [-0.2, 0) is 23.5 Å². The van der Waals surface area contributed by atoms with Crippen LogP contribution in [0.2, 0.25) is 0 Å². The van der Waals surface area contributed by atoms with Gasteiger partial charge in [0.05, 0.1) is 17.1 Å². The zero-order valence-corrected chi connectivity index (χ0v) is 13.0. The maximum absolute atomic E-state index is 12.5. The van der Waals surface area contributed by atoms with Crippen LogP contribution in [0.25, 0.3) is 0 Å². The zero-order valence-electron chi connectivity index (χ0n) is 12.2. The molecule has 0 saturated heterocycles. The molecule has 0 aliphatic heterocycles. The van der Waals surface area contributed by atoms with Crippen molar-refractivity contribution < 1.29 is 8.42 Å². The van der Waals surface area contributed by atoms with E-state index in [0.29, 0.717) is 4.90 Å². The first-order valence-corrected chi connectivity index (χ1v) is 8.55. The lowest BCUT2D eigenvalue weighted by molar-refractivity contribution is 0.498. The van der Waals surface area contributed by atoms with Crippen molar-refractivity contribution in [3.63, 3.8) is 0 Å². The molecule has 1 aliphatic carbocycles. The molecule has 5 nitrogen and oxygen atoms in total.